The molecular weight excluding hydrogens is 264 g/mol. The zero-order chi connectivity index (χ0) is 13.9. The fourth-order valence-electron chi connectivity index (χ4n) is 1.07. The average molecular weight is 273 g/mol. The molecular formula is C10H9ClN2O5. The Labute approximate surface area is 107 Å². The van der Waals surface area contributed by atoms with Crippen molar-refractivity contribution >= 4 is 34.9 Å². The normalized spacial score (nSPS) is 11.7. The number of hydrogen-bond donors (Lipinski definition) is 2. The molecule has 8 heteroatoms. The number of nitrogens with one attached hydrogen (secondary N) is 1. The maximum absolute atomic E-state index is 11.4. The van der Waals surface area contributed by atoms with E-state index in [9.17, 15) is 19.7 Å². The standard InChI is InChI=1S/C10H9ClN2O5/c1-5(10(15)16)9(14)12-8-3-2-6(13(17)18)4-7(8)11/h2-5H,1H3,(H,12,14)(H,15,16). The molecule has 1 unspecified atom stereocenters. The van der Waals surface area contributed by atoms with Gasteiger partial charge in [-0.15, -0.1) is 0 Å². The summed E-state index contributed by atoms with van der Waals surface area (Å²) in [4.78, 5) is 31.9. The van der Waals surface area contributed by atoms with Crippen LogP contribution < -0.4 is 5.32 Å². The SMILES string of the molecule is CC(C(=O)O)C(=O)Nc1ccc([N+](=O)[O-])cc1Cl. The molecule has 0 radical (unpaired) electrons. The maximum Gasteiger partial charge on any atom is 0.315 e. The van der Waals surface area contributed by atoms with Crippen LogP contribution in [-0.2, 0) is 9.59 Å². The minimum absolute atomic E-state index is 0.0323. The molecule has 0 bridgehead atoms. The van der Waals surface area contributed by atoms with Crippen molar-refractivity contribution in [1.29, 1.82) is 0 Å². The Kier molecular flexibility index (Phi) is 4.22. The van der Waals surface area contributed by atoms with Crippen LogP contribution in [0, 0.1) is 16.0 Å². The van der Waals surface area contributed by atoms with Crippen LogP contribution >= 0.6 is 11.6 Å². The second kappa shape index (κ2) is 5.46. The highest BCUT2D eigenvalue weighted by atomic mass is 35.5. The fraction of sp³-hybridized carbons (Fsp3) is 0.200. The summed E-state index contributed by atoms with van der Waals surface area (Å²) in [5.74, 6) is -3.26. The second-order valence-electron chi connectivity index (χ2n) is 3.47. The van der Waals surface area contributed by atoms with Crippen molar-refractivity contribution in [3.8, 4) is 0 Å². The Morgan fingerprint density at radius 1 is 1.50 bits per heavy atom. The molecule has 0 heterocycles. The van der Waals surface area contributed by atoms with Crippen molar-refractivity contribution in [2.45, 2.75) is 6.92 Å². The molecule has 1 aromatic carbocycles. The number of nitro benzene ring substituents is 1. The molecule has 0 saturated carbocycles. The first-order valence-electron chi connectivity index (χ1n) is 4.80. The van der Waals surface area contributed by atoms with Crippen molar-refractivity contribution in [3.63, 3.8) is 0 Å². The average Bonchev–Trinajstić information content (AvgIpc) is 2.30. The van der Waals surface area contributed by atoms with E-state index in [4.69, 9.17) is 16.7 Å². The molecule has 0 fully saturated rings. The number of non-ortho nitro benzene ring substituents is 1. The Morgan fingerprint density at radius 3 is 2.56 bits per heavy atom. The summed E-state index contributed by atoms with van der Waals surface area (Å²) in [7, 11) is 0. The topological polar surface area (TPSA) is 110 Å². The zero-order valence-electron chi connectivity index (χ0n) is 9.21. The van der Waals surface area contributed by atoms with E-state index >= 15 is 0 Å². The summed E-state index contributed by atoms with van der Waals surface area (Å²) in [6, 6.07) is 3.47. The first-order chi connectivity index (χ1) is 8.32. The predicted molar refractivity (Wildman–Crippen MR) is 63.5 cm³/mol. The number of carbonyl (C=O) groups is 2. The van der Waals surface area contributed by atoms with Gasteiger partial charge < -0.3 is 10.4 Å². The molecule has 7 nitrogen and oxygen atoms in total. The largest absolute Gasteiger partial charge is 0.481 e. The summed E-state index contributed by atoms with van der Waals surface area (Å²) in [6.45, 7) is 1.22. The number of aliphatic carboxylic acids is 1. The van der Waals surface area contributed by atoms with Crippen LogP contribution in [0.2, 0.25) is 5.02 Å². The molecule has 0 spiro atoms. The zero-order valence-corrected chi connectivity index (χ0v) is 9.97. The molecule has 0 aromatic heterocycles. The van der Waals surface area contributed by atoms with Gasteiger partial charge in [-0.25, -0.2) is 0 Å². The van der Waals surface area contributed by atoms with E-state index in [0.29, 0.717) is 0 Å². The maximum atomic E-state index is 11.4. The van der Waals surface area contributed by atoms with E-state index in [2.05, 4.69) is 5.32 Å². The van der Waals surface area contributed by atoms with Crippen molar-refractivity contribution in [1.82, 2.24) is 0 Å². The van der Waals surface area contributed by atoms with Gasteiger partial charge in [-0.1, -0.05) is 11.6 Å². The third kappa shape index (κ3) is 3.17. The monoisotopic (exact) mass is 272 g/mol. The Hall–Kier alpha value is -2.15. The molecule has 96 valence electrons. The van der Waals surface area contributed by atoms with Crippen molar-refractivity contribution in [2.24, 2.45) is 5.92 Å². The van der Waals surface area contributed by atoms with Gasteiger partial charge in [0.2, 0.25) is 5.91 Å². The van der Waals surface area contributed by atoms with Crippen LogP contribution in [0.3, 0.4) is 0 Å². The third-order valence-electron chi connectivity index (χ3n) is 2.19. The molecule has 0 saturated heterocycles. The summed E-state index contributed by atoms with van der Waals surface area (Å²) < 4.78 is 0. The van der Waals surface area contributed by atoms with Crippen LogP contribution in [0.15, 0.2) is 18.2 Å². The molecule has 0 aliphatic carbocycles. The number of rotatable bonds is 4. The van der Waals surface area contributed by atoms with Gasteiger partial charge in [0, 0.05) is 12.1 Å². The number of benzene rings is 1. The molecule has 1 atom stereocenters. The van der Waals surface area contributed by atoms with Gasteiger partial charge in [0.15, 0.2) is 0 Å². The van der Waals surface area contributed by atoms with Crippen molar-refractivity contribution in [3.05, 3.63) is 33.3 Å². The van der Waals surface area contributed by atoms with Crippen LogP contribution in [0.25, 0.3) is 0 Å². The first-order valence-corrected chi connectivity index (χ1v) is 5.18. The molecule has 1 aromatic rings. The Bertz CT molecular complexity index is 517. The fourth-order valence-corrected chi connectivity index (χ4v) is 1.29. The van der Waals surface area contributed by atoms with E-state index in [-0.39, 0.29) is 16.4 Å². The van der Waals surface area contributed by atoms with Gasteiger partial charge in [0.1, 0.15) is 5.92 Å². The molecule has 2 N–H and O–H groups in total. The van der Waals surface area contributed by atoms with Crippen LogP contribution in [0.4, 0.5) is 11.4 Å². The number of carbonyl (C=O) groups excluding carboxylic acids is 1. The van der Waals surface area contributed by atoms with E-state index in [1.807, 2.05) is 0 Å². The van der Waals surface area contributed by atoms with Gasteiger partial charge in [-0.3, -0.25) is 19.7 Å². The lowest BCUT2D eigenvalue weighted by Crippen LogP contribution is -2.26. The second-order valence-corrected chi connectivity index (χ2v) is 3.88. The molecule has 18 heavy (non-hydrogen) atoms. The lowest BCUT2D eigenvalue weighted by Gasteiger charge is -2.09. The highest BCUT2D eigenvalue weighted by Crippen LogP contribution is 2.26. The predicted octanol–water partition coefficient (Wildman–Crippen LogP) is 1.91. The highest BCUT2D eigenvalue weighted by Gasteiger charge is 2.21. The number of nitro groups is 1. The van der Waals surface area contributed by atoms with Gasteiger partial charge in [-0.05, 0) is 13.0 Å². The van der Waals surface area contributed by atoms with Gasteiger partial charge in [-0.2, -0.15) is 0 Å². The molecule has 0 aliphatic heterocycles. The number of amides is 1. The number of nitrogens with zero attached hydrogens (tertiary/aromatic N) is 1. The van der Waals surface area contributed by atoms with Gasteiger partial charge in [0.05, 0.1) is 15.6 Å². The minimum atomic E-state index is -1.27. The number of hydrogen-bond acceptors (Lipinski definition) is 4. The highest BCUT2D eigenvalue weighted by molar-refractivity contribution is 6.34. The quantitative estimate of drug-likeness (QED) is 0.494. The Balaban J connectivity index is 2.89. The minimum Gasteiger partial charge on any atom is -0.481 e. The molecule has 1 amide bonds. The van der Waals surface area contributed by atoms with E-state index in [1.165, 1.54) is 13.0 Å². The summed E-state index contributed by atoms with van der Waals surface area (Å²) in [5, 5.41) is 21.4. The van der Waals surface area contributed by atoms with E-state index in [1.54, 1.807) is 0 Å². The van der Waals surface area contributed by atoms with Gasteiger partial charge >= 0.3 is 5.97 Å². The lowest BCUT2D eigenvalue weighted by molar-refractivity contribution is -0.384. The molecule has 1 rings (SSSR count). The number of halogens is 1. The third-order valence-corrected chi connectivity index (χ3v) is 2.50. The first kappa shape index (κ1) is 13.9. The summed E-state index contributed by atoms with van der Waals surface area (Å²) in [6.07, 6.45) is 0. The number of anilines is 1. The van der Waals surface area contributed by atoms with Gasteiger partial charge in [0.25, 0.3) is 5.69 Å². The van der Waals surface area contributed by atoms with Crippen molar-refractivity contribution < 1.29 is 19.6 Å². The van der Waals surface area contributed by atoms with Crippen LogP contribution in [0.1, 0.15) is 6.92 Å². The smallest absolute Gasteiger partial charge is 0.315 e. The van der Waals surface area contributed by atoms with Crippen molar-refractivity contribution in [2.75, 3.05) is 5.32 Å². The Morgan fingerprint density at radius 2 is 2.11 bits per heavy atom. The van der Waals surface area contributed by atoms with E-state index in [0.717, 1.165) is 12.1 Å². The summed E-state index contributed by atoms with van der Waals surface area (Å²) in [5.41, 5.74) is -0.0929. The number of carboxylic acids is 1. The number of carboxylic acid groups (broad SMARTS) is 1. The van der Waals surface area contributed by atoms with Crippen LogP contribution in [0.5, 0.6) is 0 Å². The van der Waals surface area contributed by atoms with Crippen LogP contribution in [-0.4, -0.2) is 21.9 Å². The molecule has 0 aliphatic rings. The van der Waals surface area contributed by atoms with E-state index < -0.39 is 22.7 Å². The lowest BCUT2D eigenvalue weighted by atomic mass is 10.1. The summed E-state index contributed by atoms with van der Waals surface area (Å²) >= 11 is 5.74.